The van der Waals surface area contributed by atoms with Gasteiger partial charge < -0.3 is 14.6 Å². The molecule has 0 aromatic carbocycles. The minimum Gasteiger partial charge on any atom is -0.387 e. The second kappa shape index (κ2) is 3.09. The Hall–Kier alpha value is -0.120. The van der Waals surface area contributed by atoms with Crippen LogP contribution in [0.5, 0.6) is 0 Å². The van der Waals surface area contributed by atoms with E-state index < -0.39 is 11.7 Å². The molecule has 1 unspecified atom stereocenters. The molecule has 11 heavy (non-hydrogen) atoms. The van der Waals surface area contributed by atoms with Crippen molar-refractivity contribution in [2.45, 2.75) is 38.1 Å². The molecule has 66 valence electrons. The summed E-state index contributed by atoms with van der Waals surface area (Å²) in [4.78, 5) is 0. The van der Waals surface area contributed by atoms with Crippen LogP contribution in [0.2, 0.25) is 0 Å². The third-order valence-corrected chi connectivity index (χ3v) is 2.52. The molecule has 3 nitrogen and oxygen atoms in total. The van der Waals surface area contributed by atoms with Gasteiger partial charge in [-0.05, 0) is 13.8 Å². The van der Waals surface area contributed by atoms with Gasteiger partial charge in [-0.15, -0.1) is 0 Å². The SMILES string of the molecule is CO[C@]1(C)CCOC(C)[C@H]1O. The summed E-state index contributed by atoms with van der Waals surface area (Å²) >= 11 is 0. The Morgan fingerprint density at radius 2 is 2.27 bits per heavy atom. The van der Waals surface area contributed by atoms with E-state index in [9.17, 15) is 5.11 Å². The van der Waals surface area contributed by atoms with Crippen LogP contribution in [0.15, 0.2) is 0 Å². The average molecular weight is 160 g/mol. The van der Waals surface area contributed by atoms with Crippen LogP contribution in [0.3, 0.4) is 0 Å². The zero-order valence-electron chi connectivity index (χ0n) is 7.33. The van der Waals surface area contributed by atoms with Crippen LogP contribution < -0.4 is 0 Å². The lowest BCUT2D eigenvalue weighted by molar-refractivity contribution is -0.188. The third kappa shape index (κ3) is 1.55. The van der Waals surface area contributed by atoms with E-state index in [4.69, 9.17) is 9.47 Å². The molecule has 1 heterocycles. The van der Waals surface area contributed by atoms with Gasteiger partial charge in [-0.2, -0.15) is 0 Å². The number of hydrogen-bond donors (Lipinski definition) is 1. The van der Waals surface area contributed by atoms with Crippen molar-refractivity contribution < 1.29 is 14.6 Å². The molecule has 3 heteroatoms. The predicted molar refractivity (Wildman–Crippen MR) is 41.5 cm³/mol. The van der Waals surface area contributed by atoms with Crippen LogP contribution in [0.1, 0.15) is 20.3 Å². The molecule has 1 saturated heterocycles. The van der Waals surface area contributed by atoms with Gasteiger partial charge >= 0.3 is 0 Å². The lowest BCUT2D eigenvalue weighted by Crippen LogP contribution is -2.52. The second-order valence-electron chi connectivity index (χ2n) is 3.29. The van der Waals surface area contributed by atoms with E-state index in [1.807, 2.05) is 13.8 Å². The molecule has 0 aromatic heterocycles. The van der Waals surface area contributed by atoms with Crippen molar-refractivity contribution in [1.82, 2.24) is 0 Å². The maximum absolute atomic E-state index is 9.65. The number of aliphatic hydroxyl groups excluding tert-OH is 1. The maximum atomic E-state index is 9.65. The molecule has 0 aliphatic carbocycles. The van der Waals surface area contributed by atoms with Gasteiger partial charge in [0.25, 0.3) is 0 Å². The lowest BCUT2D eigenvalue weighted by atomic mass is 9.89. The molecule has 1 aliphatic rings. The molecule has 0 amide bonds. The Kier molecular flexibility index (Phi) is 2.52. The molecule has 1 N–H and O–H groups in total. The minimum absolute atomic E-state index is 0.117. The van der Waals surface area contributed by atoms with E-state index in [1.165, 1.54) is 0 Å². The Morgan fingerprint density at radius 1 is 1.64 bits per heavy atom. The van der Waals surface area contributed by atoms with Crippen molar-refractivity contribution in [3.05, 3.63) is 0 Å². The fourth-order valence-electron chi connectivity index (χ4n) is 1.41. The van der Waals surface area contributed by atoms with Gasteiger partial charge in [0.05, 0.1) is 11.7 Å². The molecule has 0 radical (unpaired) electrons. The van der Waals surface area contributed by atoms with Crippen molar-refractivity contribution in [3.8, 4) is 0 Å². The van der Waals surface area contributed by atoms with Gasteiger partial charge in [-0.25, -0.2) is 0 Å². The van der Waals surface area contributed by atoms with Crippen LogP contribution in [-0.2, 0) is 9.47 Å². The molecule has 0 saturated carbocycles. The minimum atomic E-state index is -0.513. The van der Waals surface area contributed by atoms with E-state index in [1.54, 1.807) is 7.11 Å². The van der Waals surface area contributed by atoms with Gasteiger partial charge in [0.15, 0.2) is 0 Å². The van der Waals surface area contributed by atoms with Gasteiger partial charge in [-0.1, -0.05) is 0 Å². The fourth-order valence-corrected chi connectivity index (χ4v) is 1.41. The van der Waals surface area contributed by atoms with E-state index in [2.05, 4.69) is 0 Å². The summed E-state index contributed by atoms with van der Waals surface area (Å²) in [5, 5.41) is 9.65. The van der Waals surface area contributed by atoms with Crippen LogP contribution in [0.4, 0.5) is 0 Å². The second-order valence-corrected chi connectivity index (χ2v) is 3.29. The summed E-state index contributed by atoms with van der Waals surface area (Å²) in [6.07, 6.45) is 0.129. The first-order valence-corrected chi connectivity index (χ1v) is 3.95. The fraction of sp³-hybridized carbons (Fsp3) is 1.00. The first-order valence-electron chi connectivity index (χ1n) is 3.95. The smallest absolute Gasteiger partial charge is 0.109 e. The normalized spacial score (nSPS) is 45.8. The molecule has 1 aliphatic heterocycles. The van der Waals surface area contributed by atoms with Crippen LogP contribution in [-0.4, -0.2) is 36.6 Å². The van der Waals surface area contributed by atoms with Crippen molar-refractivity contribution in [1.29, 1.82) is 0 Å². The first kappa shape index (κ1) is 8.97. The lowest BCUT2D eigenvalue weighted by Gasteiger charge is -2.40. The van der Waals surface area contributed by atoms with E-state index in [-0.39, 0.29) is 6.10 Å². The molecule has 0 aromatic rings. The third-order valence-electron chi connectivity index (χ3n) is 2.52. The van der Waals surface area contributed by atoms with E-state index in [0.29, 0.717) is 6.61 Å². The summed E-state index contributed by atoms with van der Waals surface area (Å²) in [5.74, 6) is 0. The topological polar surface area (TPSA) is 38.7 Å². The zero-order chi connectivity index (χ0) is 8.48. The summed E-state index contributed by atoms with van der Waals surface area (Å²) in [6.45, 7) is 4.44. The number of hydrogen-bond acceptors (Lipinski definition) is 3. The van der Waals surface area contributed by atoms with Crippen LogP contribution >= 0.6 is 0 Å². The Labute approximate surface area is 67.3 Å². The van der Waals surface area contributed by atoms with Crippen LogP contribution in [0, 0.1) is 0 Å². The molecule has 0 spiro atoms. The van der Waals surface area contributed by atoms with Crippen molar-refractivity contribution >= 4 is 0 Å². The molecule has 3 atom stereocenters. The van der Waals surface area contributed by atoms with E-state index in [0.717, 1.165) is 6.42 Å². The Balaban J connectivity index is 2.64. The summed E-state index contributed by atoms with van der Waals surface area (Å²) in [7, 11) is 1.63. The van der Waals surface area contributed by atoms with Crippen molar-refractivity contribution in [2.75, 3.05) is 13.7 Å². The molecule has 1 fully saturated rings. The van der Waals surface area contributed by atoms with Crippen molar-refractivity contribution in [2.24, 2.45) is 0 Å². The number of ether oxygens (including phenoxy) is 2. The highest BCUT2D eigenvalue weighted by Crippen LogP contribution is 2.27. The first-order chi connectivity index (χ1) is 5.10. The highest BCUT2D eigenvalue weighted by Gasteiger charge is 2.40. The molecular formula is C8H16O3. The van der Waals surface area contributed by atoms with Gasteiger partial charge in [0.2, 0.25) is 0 Å². The van der Waals surface area contributed by atoms with Gasteiger partial charge in [0.1, 0.15) is 6.10 Å². The Bertz CT molecular complexity index is 137. The maximum Gasteiger partial charge on any atom is 0.109 e. The summed E-state index contributed by atoms with van der Waals surface area (Å²) in [6, 6.07) is 0. The zero-order valence-corrected chi connectivity index (χ0v) is 7.33. The summed E-state index contributed by atoms with van der Waals surface area (Å²) < 4.78 is 10.5. The van der Waals surface area contributed by atoms with Crippen LogP contribution in [0.25, 0.3) is 0 Å². The van der Waals surface area contributed by atoms with Crippen molar-refractivity contribution in [3.63, 3.8) is 0 Å². The monoisotopic (exact) mass is 160 g/mol. The van der Waals surface area contributed by atoms with E-state index >= 15 is 0 Å². The highest BCUT2D eigenvalue weighted by atomic mass is 16.5. The standard InChI is InChI=1S/C8H16O3/c1-6-7(9)8(2,10-3)4-5-11-6/h6-7,9H,4-5H2,1-3H3/t6?,7-,8-/m1/s1. The molecular weight excluding hydrogens is 144 g/mol. The largest absolute Gasteiger partial charge is 0.387 e. The van der Waals surface area contributed by atoms with Gasteiger partial charge in [0, 0.05) is 20.1 Å². The van der Waals surface area contributed by atoms with Gasteiger partial charge in [-0.3, -0.25) is 0 Å². The Morgan fingerprint density at radius 3 is 2.73 bits per heavy atom. The average Bonchev–Trinajstić information content (AvgIpc) is 2.00. The predicted octanol–water partition coefficient (Wildman–Crippen LogP) is 0.561. The summed E-state index contributed by atoms with van der Waals surface area (Å²) in [5.41, 5.74) is -0.419. The number of methoxy groups -OCH3 is 1. The highest BCUT2D eigenvalue weighted by molar-refractivity contribution is 4.90. The molecule has 0 bridgehead atoms. The number of rotatable bonds is 1. The molecule has 1 rings (SSSR count). The quantitative estimate of drug-likeness (QED) is 0.609. The number of aliphatic hydroxyl groups is 1.